The summed E-state index contributed by atoms with van der Waals surface area (Å²) in [5.74, 6) is 0.908. The molecule has 8 nitrogen and oxygen atoms in total. The van der Waals surface area contributed by atoms with E-state index in [1.54, 1.807) is 18.0 Å². The van der Waals surface area contributed by atoms with E-state index in [1.807, 2.05) is 30.3 Å². The smallest absolute Gasteiger partial charge is 0.409 e. The predicted octanol–water partition coefficient (Wildman–Crippen LogP) is 6.21. The van der Waals surface area contributed by atoms with Crippen molar-refractivity contribution in [1.29, 1.82) is 0 Å². The number of hydrogen-bond donors (Lipinski definition) is 1. The van der Waals surface area contributed by atoms with Gasteiger partial charge in [0, 0.05) is 35.7 Å². The van der Waals surface area contributed by atoms with E-state index in [0.29, 0.717) is 31.3 Å². The van der Waals surface area contributed by atoms with E-state index in [-0.39, 0.29) is 30.0 Å². The molecule has 1 unspecified atom stereocenters. The molecule has 2 heterocycles. The number of carbonyl (C=O) groups excluding carboxylic acids is 2. The summed E-state index contributed by atoms with van der Waals surface area (Å²) in [6, 6.07) is 22.5. The zero-order chi connectivity index (χ0) is 29.3. The Morgan fingerprint density at radius 2 is 1.79 bits per heavy atom. The highest BCUT2D eigenvalue weighted by Crippen LogP contribution is 2.53. The van der Waals surface area contributed by atoms with Gasteiger partial charge in [-0.25, -0.2) is 9.78 Å². The highest BCUT2D eigenvalue weighted by Gasteiger charge is 2.47. The number of likely N-dealkylation sites (tertiary alicyclic amines) is 1. The lowest BCUT2D eigenvalue weighted by atomic mass is 9.73. The third-order valence-electron chi connectivity index (χ3n) is 8.71. The van der Waals surface area contributed by atoms with Crippen molar-refractivity contribution >= 4 is 28.7 Å². The van der Waals surface area contributed by atoms with E-state index in [2.05, 4.69) is 41.4 Å². The topological polar surface area (TPSA) is 104 Å². The van der Waals surface area contributed by atoms with E-state index in [9.17, 15) is 9.59 Å². The van der Waals surface area contributed by atoms with Crippen LogP contribution in [0.1, 0.15) is 49.0 Å². The first-order valence-electron chi connectivity index (χ1n) is 14.4. The van der Waals surface area contributed by atoms with Crippen molar-refractivity contribution in [2.24, 2.45) is 0 Å². The Bertz CT molecular complexity index is 1640. The fourth-order valence-corrected chi connectivity index (χ4v) is 6.55. The highest BCUT2D eigenvalue weighted by molar-refractivity contribution is 5.94. The lowest BCUT2D eigenvalue weighted by Gasteiger charge is -2.39. The predicted molar refractivity (Wildman–Crippen MR) is 161 cm³/mol. The second-order valence-corrected chi connectivity index (χ2v) is 11.1. The maximum absolute atomic E-state index is 12.3. The van der Waals surface area contributed by atoms with Crippen LogP contribution in [0.25, 0.3) is 21.9 Å². The van der Waals surface area contributed by atoms with Crippen LogP contribution in [0.2, 0.25) is 0 Å². The average molecular weight is 566 g/mol. The Hall–Kier alpha value is -4.59. The number of benzene rings is 3. The van der Waals surface area contributed by atoms with Crippen LogP contribution in [0.15, 0.2) is 72.9 Å². The van der Waals surface area contributed by atoms with Crippen molar-refractivity contribution < 1.29 is 23.8 Å². The van der Waals surface area contributed by atoms with Gasteiger partial charge in [0.1, 0.15) is 17.7 Å². The Kier molecular flexibility index (Phi) is 7.45. The van der Waals surface area contributed by atoms with E-state index in [1.165, 1.54) is 12.7 Å². The van der Waals surface area contributed by atoms with Gasteiger partial charge in [0.25, 0.3) is 0 Å². The number of methoxy groups -OCH3 is 1. The number of amides is 1. The van der Waals surface area contributed by atoms with Gasteiger partial charge in [0.15, 0.2) is 0 Å². The molecule has 1 aliphatic carbocycles. The molecule has 1 aliphatic heterocycles. The minimum Gasteiger partial charge on any atom is -0.485 e. The molecule has 1 amide bonds. The Labute approximate surface area is 245 Å². The third kappa shape index (κ3) is 5.13. The van der Waals surface area contributed by atoms with Gasteiger partial charge in [-0.1, -0.05) is 42.5 Å². The number of anilines is 1. The van der Waals surface area contributed by atoms with Crippen LogP contribution in [-0.4, -0.2) is 48.8 Å². The fraction of sp³-hybridized carbons (Fsp3) is 0.324. The van der Waals surface area contributed by atoms with Gasteiger partial charge >= 0.3 is 12.1 Å². The molecule has 0 bridgehead atoms. The van der Waals surface area contributed by atoms with Crippen molar-refractivity contribution in [3.05, 3.63) is 89.6 Å². The van der Waals surface area contributed by atoms with Crippen molar-refractivity contribution in [2.75, 3.05) is 32.5 Å². The molecule has 2 N–H and O–H groups in total. The van der Waals surface area contributed by atoms with E-state index >= 15 is 0 Å². The molecule has 1 aromatic heterocycles. The number of carbonyl (C=O) groups is 2. The average Bonchev–Trinajstić information content (AvgIpc) is 3.30. The van der Waals surface area contributed by atoms with Crippen LogP contribution in [0.3, 0.4) is 0 Å². The number of aromatic nitrogens is 1. The number of nitrogens with zero attached hydrogens (tertiary/aromatic N) is 2. The van der Waals surface area contributed by atoms with Gasteiger partial charge in [-0.2, -0.15) is 0 Å². The fourth-order valence-electron chi connectivity index (χ4n) is 6.55. The number of pyridine rings is 1. The normalized spacial score (nSPS) is 17.2. The number of piperidine rings is 1. The van der Waals surface area contributed by atoms with Gasteiger partial charge in [0.05, 0.1) is 20.1 Å². The molecule has 1 atom stereocenters. The van der Waals surface area contributed by atoms with Crippen molar-refractivity contribution in [1.82, 2.24) is 9.88 Å². The monoisotopic (exact) mass is 565 g/mol. The summed E-state index contributed by atoms with van der Waals surface area (Å²) in [5, 5.41) is 1.96. The number of hydrogen-bond acceptors (Lipinski definition) is 7. The zero-order valence-electron chi connectivity index (χ0n) is 24.0. The van der Waals surface area contributed by atoms with Crippen LogP contribution >= 0.6 is 0 Å². The van der Waals surface area contributed by atoms with Crippen LogP contribution in [0.4, 0.5) is 10.6 Å². The summed E-state index contributed by atoms with van der Waals surface area (Å²) in [7, 11) is 1.42. The quantitative estimate of drug-likeness (QED) is 0.277. The van der Waals surface area contributed by atoms with Crippen molar-refractivity contribution in [3.8, 4) is 16.9 Å². The standard InChI is InChI=1S/C34H35N3O5/c1-3-41-31(38)20-25-6-4-5-7-29(25)42-30-21-34(13-16-37(17-14-34)33(39)40-2)28-11-10-24(19-27(28)30)23-9-8-22-12-15-36-32(35)26(22)18-23/h4-12,15,18-19,30H,3,13-14,16-17,20-21H2,1-2H3,(H2,35,36). The Morgan fingerprint density at radius 1 is 1.02 bits per heavy atom. The maximum Gasteiger partial charge on any atom is 0.409 e. The lowest BCUT2D eigenvalue weighted by molar-refractivity contribution is -0.142. The molecule has 3 aromatic carbocycles. The highest BCUT2D eigenvalue weighted by atomic mass is 16.5. The summed E-state index contributed by atoms with van der Waals surface area (Å²) in [6.07, 6.45) is 3.77. The first-order chi connectivity index (χ1) is 20.4. The number of ether oxygens (including phenoxy) is 3. The molecule has 8 heteroatoms. The summed E-state index contributed by atoms with van der Waals surface area (Å²) in [5.41, 5.74) is 11.4. The Morgan fingerprint density at radius 3 is 2.57 bits per heavy atom. The van der Waals surface area contributed by atoms with Crippen LogP contribution in [0, 0.1) is 0 Å². The number of para-hydroxylation sites is 1. The summed E-state index contributed by atoms with van der Waals surface area (Å²) < 4.78 is 17.0. The molecule has 4 aromatic rings. The molecule has 1 saturated heterocycles. The number of fused-ring (bicyclic) bond motifs is 3. The van der Waals surface area contributed by atoms with Gasteiger partial charge in [0.2, 0.25) is 0 Å². The molecular formula is C34H35N3O5. The minimum atomic E-state index is -0.288. The first-order valence-corrected chi connectivity index (χ1v) is 14.4. The molecular weight excluding hydrogens is 530 g/mol. The lowest BCUT2D eigenvalue weighted by Crippen LogP contribution is -2.44. The summed E-state index contributed by atoms with van der Waals surface area (Å²) in [6.45, 7) is 3.38. The van der Waals surface area contributed by atoms with Crippen molar-refractivity contribution in [2.45, 2.75) is 44.1 Å². The molecule has 1 fully saturated rings. The van der Waals surface area contributed by atoms with Gasteiger partial charge < -0.3 is 24.8 Å². The molecule has 42 heavy (non-hydrogen) atoms. The minimum absolute atomic E-state index is 0.128. The largest absolute Gasteiger partial charge is 0.485 e. The number of rotatable bonds is 6. The van der Waals surface area contributed by atoms with E-state index in [0.717, 1.165) is 52.3 Å². The van der Waals surface area contributed by atoms with Gasteiger partial charge in [-0.15, -0.1) is 0 Å². The van der Waals surface area contributed by atoms with Crippen LogP contribution < -0.4 is 10.5 Å². The maximum atomic E-state index is 12.3. The Balaban J connectivity index is 1.38. The molecule has 0 radical (unpaired) electrons. The van der Waals surface area contributed by atoms with E-state index in [4.69, 9.17) is 19.9 Å². The number of nitrogens with two attached hydrogens (primary N) is 1. The molecule has 1 spiro atoms. The molecule has 216 valence electrons. The van der Waals surface area contributed by atoms with Gasteiger partial charge in [-0.05, 0) is 78.1 Å². The third-order valence-corrected chi connectivity index (χ3v) is 8.71. The molecule has 0 saturated carbocycles. The molecule has 2 aliphatic rings. The SMILES string of the molecule is CCOC(=O)Cc1ccccc1OC1CC2(CCN(C(=O)OC)CC2)c2ccc(-c3ccc4ccnc(N)c4c3)cc21. The van der Waals surface area contributed by atoms with Gasteiger partial charge in [-0.3, -0.25) is 4.79 Å². The second kappa shape index (κ2) is 11.4. The zero-order valence-corrected chi connectivity index (χ0v) is 24.0. The van der Waals surface area contributed by atoms with Crippen LogP contribution in [0.5, 0.6) is 5.75 Å². The van der Waals surface area contributed by atoms with Crippen LogP contribution in [-0.2, 0) is 26.1 Å². The molecule has 6 rings (SSSR count). The van der Waals surface area contributed by atoms with Crippen molar-refractivity contribution in [3.63, 3.8) is 0 Å². The summed E-state index contributed by atoms with van der Waals surface area (Å²) >= 11 is 0. The number of esters is 1. The first kappa shape index (κ1) is 27.6. The second-order valence-electron chi connectivity index (χ2n) is 11.1. The van der Waals surface area contributed by atoms with E-state index < -0.39 is 0 Å². The number of nitrogen functional groups attached to an aromatic ring is 1. The summed E-state index contributed by atoms with van der Waals surface area (Å²) in [4.78, 5) is 30.6.